The number of ether oxygens (including phenoxy) is 3. The fourth-order valence-electron chi connectivity index (χ4n) is 3.08. The molecule has 1 atom stereocenters. The molecule has 0 saturated heterocycles. The molecule has 0 fully saturated rings. The second-order valence-electron chi connectivity index (χ2n) is 7.61. The van der Waals surface area contributed by atoms with E-state index in [1.807, 2.05) is 26.0 Å². The summed E-state index contributed by atoms with van der Waals surface area (Å²) in [6, 6.07) is 9.06. The maximum absolute atomic E-state index is 12.3. The Balaban J connectivity index is 1.54. The molecule has 2 aromatic rings. The molecule has 1 N–H and O–H groups in total. The van der Waals surface area contributed by atoms with Gasteiger partial charge in [-0.2, -0.15) is 0 Å². The van der Waals surface area contributed by atoms with Gasteiger partial charge in [-0.1, -0.05) is 23.7 Å². The van der Waals surface area contributed by atoms with Crippen molar-refractivity contribution in [2.45, 2.75) is 38.9 Å². The predicted molar refractivity (Wildman–Crippen MR) is 113 cm³/mol. The van der Waals surface area contributed by atoms with E-state index in [2.05, 4.69) is 5.32 Å². The number of hydrogen-bond acceptors (Lipinski definition) is 7. The third-order valence-electron chi connectivity index (χ3n) is 4.50. The van der Waals surface area contributed by atoms with Crippen LogP contribution in [-0.2, 0) is 20.7 Å². The minimum absolute atomic E-state index is 0.00901. The van der Waals surface area contributed by atoms with Gasteiger partial charge in [-0.15, -0.1) is 0 Å². The van der Waals surface area contributed by atoms with Crippen molar-refractivity contribution in [2.24, 2.45) is 0 Å². The van der Waals surface area contributed by atoms with E-state index in [-0.39, 0.29) is 22.0 Å². The number of nitrogens with one attached hydrogen (secondary N) is 1. The van der Waals surface area contributed by atoms with Crippen LogP contribution in [0.4, 0.5) is 11.4 Å². The van der Waals surface area contributed by atoms with Gasteiger partial charge in [-0.05, 0) is 32.9 Å². The molecule has 0 aromatic heterocycles. The van der Waals surface area contributed by atoms with Crippen molar-refractivity contribution in [3.8, 4) is 11.5 Å². The number of esters is 1. The van der Waals surface area contributed by atoms with Crippen LogP contribution in [0, 0.1) is 10.1 Å². The molecule has 1 aliphatic rings. The fraction of sp³-hybridized carbons (Fsp3) is 0.333. The van der Waals surface area contributed by atoms with Gasteiger partial charge in [-0.3, -0.25) is 14.9 Å². The van der Waals surface area contributed by atoms with Gasteiger partial charge < -0.3 is 19.5 Å². The van der Waals surface area contributed by atoms with Crippen LogP contribution in [0.3, 0.4) is 0 Å². The Morgan fingerprint density at radius 1 is 1.32 bits per heavy atom. The van der Waals surface area contributed by atoms with Crippen molar-refractivity contribution >= 4 is 34.9 Å². The van der Waals surface area contributed by atoms with E-state index in [0.717, 1.165) is 18.1 Å². The molecule has 1 amide bonds. The lowest BCUT2D eigenvalue weighted by atomic mass is 10.0. The van der Waals surface area contributed by atoms with E-state index < -0.39 is 29.5 Å². The number of nitro groups is 1. The van der Waals surface area contributed by atoms with Crippen LogP contribution in [0.1, 0.15) is 26.3 Å². The van der Waals surface area contributed by atoms with Crippen molar-refractivity contribution < 1.29 is 28.7 Å². The highest BCUT2D eigenvalue weighted by Crippen LogP contribution is 2.41. The summed E-state index contributed by atoms with van der Waals surface area (Å²) in [4.78, 5) is 34.6. The van der Waals surface area contributed by atoms with E-state index in [9.17, 15) is 19.7 Å². The van der Waals surface area contributed by atoms with E-state index in [1.54, 1.807) is 6.07 Å². The molecule has 2 aromatic carbocycles. The van der Waals surface area contributed by atoms with Crippen LogP contribution < -0.4 is 14.8 Å². The number of anilines is 1. The first-order valence-electron chi connectivity index (χ1n) is 9.44. The number of amides is 1. The summed E-state index contributed by atoms with van der Waals surface area (Å²) in [5, 5.41) is 13.2. The largest absolute Gasteiger partial charge is 0.483 e. The van der Waals surface area contributed by atoms with Gasteiger partial charge >= 0.3 is 5.97 Å². The number of hydrogen-bond donors (Lipinski definition) is 1. The first kappa shape index (κ1) is 22.4. The number of rotatable bonds is 7. The van der Waals surface area contributed by atoms with Crippen LogP contribution in [0.25, 0.3) is 0 Å². The molecular formula is C21H21ClN2O7. The number of carbonyl (C=O) groups is 2. The van der Waals surface area contributed by atoms with Crippen molar-refractivity contribution in [2.75, 3.05) is 11.9 Å². The lowest BCUT2D eigenvalue weighted by Crippen LogP contribution is -2.31. The van der Waals surface area contributed by atoms with E-state index in [4.69, 9.17) is 25.8 Å². The van der Waals surface area contributed by atoms with Crippen LogP contribution in [0.5, 0.6) is 11.5 Å². The Kier molecular flexibility index (Phi) is 6.35. The summed E-state index contributed by atoms with van der Waals surface area (Å²) in [6.45, 7) is 4.90. The molecule has 0 bridgehead atoms. The van der Waals surface area contributed by atoms with Gasteiger partial charge in [0.15, 0.2) is 24.2 Å². The normalized spacial score (nSPS) is 14.7. The molecule has 0 radical (unpaired) electrons. The molecule has 31 heavy (non-hydrogen) atoms. The van der Waals surface area contributed by atoms with E-state index in [1.165, 1.54) is 19.1 Å². The maximum Gasteiger partial charge on any atom is 0.344 e. The Bertz CT molecular complexity index is 1040. The van der Waals surface area contributed by atoms with Gasteiger partial charge in [0, 0.05) is 24.1 Å². The monoisotopic (exact) mass is 448 g/mol. The summed E-state index contributed by atoms with van der Waals surface area (Å²) in [6.07, 6.45) is -0.411. The highest BCUT2D eigenvalue weighted by atomic mass is 35.5. The van der Waals surface area contributed by atoms with E-state index in [0.29, 0.717) is 11.5 Å². The Morgan fingerprint density at radius 2 is 2.06 bits per heavy atom. The molecule has 9 nitrogen and oxygen atoms in total. The number of nitrogens with zero attached hydrogens (tertiary/aromatic N) is 1. The van der Waals surface area contributed by atoms with Gasteiger partial charge in [0.25, 0.3) is 11.6 Å². The molecule has 164 valence electrons. The van der Waals surface area contributed by atoms with Gasteiger partial charge in [-0.25, -0.2) is 4.79 Å². The van der Waals surface area contributed by atoms with Gasteiger partial charge in [0.2, 0.25) is 0 Å². The number of benzene rings is 2. The highest BCUT2D eigenvalue weighted by molar-refractivity contribution is 6.34. The topological polar surface area (TPSA) is 117 Å². The lowest BCUT2D eigenvalue weighted by molar-refractivity contribution is -0.384. The number of nitro benzene ring substituents is 1. The summed E-state index contributed by atoms with van der Waals surface area (Å²) in [5.74, 6) is -0.365. The zero-order valence-corrected chi connectivity index (χ0v) is 17.9. The minimum Gasteiger partial charge on any atom is -0.483 e. The molecule has 10 heteroatoms. The maximum atomic E-state index is 12.3. The second-order valence-corrected chi connectivity index (χ2v) is 8.02. The third kappa shape index (κ3) is 5.43. The third-order valence-corrected chi connectivity index (χ3v) is 4.81. The highest BCUT2D eigenvalue weighted by Gasteiger charge is 2.32. The number of non-ortho nitro benzene ring substituents is 1. The molecule has 3 rings (SSSR count). The van der Waals surface area contributed by atoms with Crippen molar-refractivity contribution in [1.29, 1.82) is 0 Å². The summed E-state index contributed by atoms with van der Waals surface area (Å²) in [5.41, 5.74) is 0.590. The Labute approximate surface area is 183 Å². The Hall–Kier alpha value is -3.33. The fourth-order valence-corrected chi connectivity index (χ4v) is 3.30. The summed E-state index contributed by atoms with van der Waals surface area (Å²) in [7, 11) is 0. The van der Waals surface area contributed by atoms with Crippen LogP contribution in [0.15, 0.2) is 36.4 Å². The molecule has 1 aliphatic heterocycles. The minimum atomic E-state index is -1.14. The molecule has 0 aliphatic carbocycles. The quantitative estimate of drug-likeness (QED) is 0.387. The van der Waals surface area contributed by atoms with Crippen molar-refractivity contribution in [3.63, 3.8) is 0 Å². The number of carbonyl (C=O) groups excluding carboxylic acids is 2. The average molecular weight is 449 g/mol. The van der Waals surface area contributed by atoms with E-state index >= 15 is 0 Å². The molecule has 1 heterocycles. The zero-order chi connectivity index (χ0) is 22.8. The molecule has 0 saturated carbocycles. The van der Waals surface area contributed by atoms with Crippen molar-refractivity contribution in [1.82, 2.24) is 0 Å². The smallest absolute Gasteiger partial charge is 0.344 e. The summed E-state index contributed by atoms with van der Waals surface area (Å²) < 4.78 is 16.5. The SMILES string of the molecule is CC(OC(=O)COc1cccc2c1OC(C)(C)C2)C(=O)Nc1ccc([N+](=O)[O-])cc1Cl. The molecule has 0 spiro atoms. The zero-order valence-electron chi connectivity index (χ0n) is 17.1. The lowest BCUT2D eigenvalue weighted by Gasteiger charge is -2.18. The van der Waals surface area contributed by atoms with Crippen LogP contribution in [0.2, 0.25) is 5.02 Å². The van der Waals surface area contributed by atoms with Gasteiger partial charge in [0.05, 0.1) is 15.6 Å². The second kappa shape index (κ2) is 8.81. The first-order chi connectivity index (χ1) is 14.6. The molecular weight excluding hydrogens is 428 g/mol. The number of para-hydroxylation sites is 1. The average Bonchev–Trinajstić information content (AvgIpc) is 3.01. The standard InChI is InChI=1S/C21H21ClN2O7/c1-12(20(26)23-16-8-7-14(24(27)28)9-15(16)22)30-18(25)11-29-17-6-4-5-13-10-21(2,3)31-19(13)17/h4-9,12H,10-11H2,1-3H3,(H,23,26). The van der Waals surface area contributed by atoms with Gasteiger partial charge in [0.1, 0.15) is 5.60 Å². The van der Waals surface area contributed by atoms with Crippen molar-refractivity contribution in [3.05, 3.63) is 57.1 Å². The first-order valence-corrected chi connectivity index (χ1v) is 9.81. The Morgan fingerprint density at radius 3 is 2.74 bits per heavy atom. The summed E-state index contributed by atoms with van der Waals surface area (Å²) >= 11 is 5.95. The van der Waals surface area contributed by atoms with Crippen LogP contribution >= 0.6 is 11.6 Å². The molecule has 1 unspecified atom stereocenters. The number of fused-ring (bicyclic) bond motifs is 1. The number of halogens is 1. The van der Waals surface area contributed by atoms with Crippen LogP contribution in [-0.4, -0.2) is 35.1 Å². The predicted octanol–water partition coefficient (Wildman–Crippen LogP) is 3.91.